The molecule has 0 aliphatic carbocycles. The maximum atomic E-state index is 12.4. The second-order valence-electron chi connectivity index (χ2n) is 5.92. The highest BCUT2D eigenvalue weighted by Crippen LogP contribution is 2.23. The number of carbonyl (C=O) groups is 1. The van der Waals surface area contributed by atoms with Gasteiger partial charge in [0.05, 0.1) is 11.4 Å². The first-order valence-electron chi connectivity index (χ1n) is 8.40. The van der Waals surface area contributed by atoms with Crippen molar-refractivity contribution in [1.82, 2.24) is 14.5 Å². The van der Waals surface area contributed by atoms with Gasteiger partial charge < -0.3 is 9.73 Å². The number of nitrogens with one attached hydrogen (secondary N) is 2. The Hall–Kier alpha value is -3.30. The van der Waals surface area contributed by atoms with Crippen LogP contribution in [0.1, 0.15) is 0 Å². The monoisotopic (exact) mass is 428 g/mol. The van der Waals surface area contributed by atoms with Crippen molar-refractivity contribution in [2.24, 2.45) is 0 Å². The Balaban J connectivity index is 1.55. The number of anilines is 1. The summed E-state index contributed by atoms with van der Waals surface area (Å²) in [5.41, 5.74) is 0.463. The topological polar surface area (TPSA) is 110 Å². The smallest absolute Gasteiger partial charge is 0.334 e. The van der Waals surface area contributed by atoms with E-state index < -0.39 is 17.2 Å². The molecule has 4 rings (SSSR count). The molecule has 2 aromatic heterocycles. The van der Waals surface area contributed by atoms with E-state index in [-0.39, 0.29) is 11.6 Å². The van der Waals surface area contributed by atoms with Crippen LogP contribution in [0.25, 0.3) is 16.8 Å². The zero-order chi connectivity index (χ0) is 20.4. The Morgan fingerprint density at radius 1 is 1.17 bits per heavy atom. The van der Waals surface area contributed by atoms with Crippen molar-refractivity contribution in [2.75, 3.05) is 11.1 Å². The van der Waals surface area contributed by atoms with E-state index in [1.807, 2.05) is 18.2 Å². The van der Waals surface area contributed by atoms with Gasteiger partial charge in [0, 0.05) is 11.1 Å². The molecule has 29 heavy (non-hydrogen) atoms. The number of aromatic nitrogens is 3. The molecule has 2 heterocycles. The first-order valence-corrected chi connectivity index (χ1v) is 9.76. The Morgan fingerprint density at radius 2 is 1.93 bits per heavy atom. The lowest BCUT2D eigenvalue weighted by Crippen LogP contribution is -2.32. The van der Waals surface area contributed by atoms with Crippen molar-refractivity contribution in [2.45, 2.75) is 5.22 Å². The molecule has 0 unspecified atom stereocenters. The molecule has 4 aromatic rings. The highest BCUT2D eigenvalue weighted by atomic mass is 35.5. The van der Waals surface area contributed by atoms with Crippen LogP contribution in [0.3, 0.4) is 0 Å². The summed E-state index contributed by atoms with van der Waals surface area (Å²) < 4.78 is 6.74. The molecular weight excluding hydrogens is 416 g/mol. The molecule has 0 spiro atoms. The summed E-state index contributed by atoms with van der Waals surface area (Å²) in [5, 5.41) is 3.43. The van der Waals surface area contributed by atoms with Gasteiger partial charge in [0.1, 0.15) is 11.3 Å². The van der Waals surface area contributed by atoms with Crippen LogP contribution in [0.5, 0.6) is 0 Å². The summed E-state index contributed by atoms with van der Waals surface area (Å²) in [4.78, 5) is 42.9. The van der Waals surface area contributed by atoms with Crippen molar-refractivity contribution in [3.05, 3.63) is 80.5 Å². The average molecular weight is 429 g/mol. The van der Waals surface area contributed by atoms with Crippen LogP contribution in [-0.4, -0.2) is 26.2 Å². The van der Waals surface area contributed by atoms with Crippen LogP contribution in [0.2, 0.25) is 5.02 Å². The number of amides is 1. The third-order valence-electron chi connectivity index (χ3n) is 3.90. The van der Waals surface area contributed by atoms with Crippen molar-refractivity contribution < 1.29 is 9.21 Å². The predicted octanol–water partition coefficient (Wildman–Crippen LogP) is 3.05. The van der Waals surface area contributed by atoms with Gasteiger partial charge in [-0.1, -0.05) is 35.5 Å². The number of thioether (sulfide) groups is 1. The van der Waals surface area contributed by atoms with Gasteiger partial charge in [-0.25, -0.2) is 14.3 Å². The molecular formula is C19H13ClN4O4S. The molecule has 10 heteroatoms. The van der Waals surface area contributed by atoms with Gasteiger partial charge in [0.2, 0.25) is 5.91 Å². The molecule has 0 radical (unpaired) electrons. The largest absolute Gasteiger partial charge is 0.431 e. The van der Waals surface area contributed by atoms with Gasteiger partial charge in [-0.2, -0.15) is 0 Å². The maximum Gasteiger partial charge on any atom is 0.334 e. The molecule has 0 aliphatic rings. The summed E-state index contributed by atoms with van der Waals surface area (Å²) >= 11 is 6.99. The molecule has 0 fully saturated rings. The first kappa shape index (κ1) is 19.0. The molecule has 1 amide bonds. The fraction of sp³-hybridized carbons (Fsp3) is 0.0526. The highest BCUT2D eigenvalue weighted by molar-refractivity contribution is 7.99. The van der Waals surface area contributed by atoms with Crippen LogP contribution < -0.4 is 16.6 Å². The first-order chi connectivity index (χ1) is 14.0. The maximum absolute atomic E-state index is 12.4. The Kier molecular flexibility index (Phi) is 5.24. The molecule has 2 N–H and O–H groups in total. The van der Waals surface area contributed by atoms with Crippen molar-refractivity contribution in [1.29, 1.82) is 0 Å². The van der Waals surface area contributed by atoms with Crippen LogP contribution in [-0.2, 0) is 4.79 Å². The minimum Gasteiger partial charge on any atom is -0.431 e. The molecule has 8 nitrogen and oxygen atoms in total. The predicted molar refractivity (Wildman–Crippen MR) is 111 cm³/mol. The Morgan fingerprint density at radius 3 is 2.69 bits per heavy atom. The van der Waals surface area contributed by atoms with Crippen molar-refractivity contribution >= 4 is 46.2 Å². The number of aromatic amines is 1. The van der Waals surface area contributed by atoms with E-state index in [9.17, 15) is 14.4 Å². The lowest BCUT2D eigenvalue weighted by molar-refractivity contribution is -0.113. The molecule has 0 atom stereocenters. The van der Waals surface area contributed by atoms with E-state index in [0.717, 1.165) is 17.8 Å². The number of H-pyrrole nitrogens is 1. The van der Waals surface area contributed by atoms with E-state index in [1.54, 1.807) is 30.3 Å². The van der Waals surface area contributed by atoms with E-state index in [4.69, 9.17) is 16.0 Å². The molecule has 0 saturated heterocycles. The van der Waals surface area contributed by atoms with Crippen molar-refractivity contribution in [3.63, 3.8) is 0 Å². The van der Waals surface area contributed by atoms with Gasteiger partial charge in [0.25, 0.3) is 10.8 Å². The van der Waals surface area contributed by atoms with Crippen LogP contribution in [0.15, 0.2) is 73.8 Å². The number of benzene rings is 2. The van der Waals surface area contributed by atoms with Gasteiger partial charge in [-0.05, 0) is 36.4 Å². The number of nitrogens with zero attached hydrogens (tertiary/aromatic N) is 2. The third-order valence-corrected chi connectivity index (χ3v) is 4.98. The fourth-order valence-electron chi connectivity index (χ4n) is 2.65. The average Bonchev–Trinajstić information content (AvgIpc) is 3.10. The summed E-state index contributed by atoms with van der Waals surface area (Å²) in [6.45, 7) is 0. The van der Waals surface area contributed by atoms with Crippen LogP contribution in [0, 0.1) is 0 Å². The number of fused-ring (bicyclic) bond motifs is 1. The molecule has 0 saturated carbocycles. The van der Waals surface area contributed by atoms with Gasteiger partial charge >= 0.3 is 5.69 Å². The zero-order valence-electron chi connectivity index (χ0n) is 14.7. The molecule has 146 valence electrons. The summed E-state index contributed by atoms with van der Waals surface area (Å²) in [6, 6.07) is 14.8. The van der Waals surface area contributed by atoms with Crippen LogP contribution in [0.4, 0.5) is 5.82 Å². The van der Waals surface area contributed by atoms with E-state index >= 15 is 0 Å². The zero-order valence-corrected chi connectivity index (χ0v) is 16.3. The number of carbonyl (C=O) groups excluding carboxylic acids is 1. The lowest BCUT2D eigenvalue weighted by Gasteiger charge is -2.12. The van der Waals surface area contributed by atoms with Crippen molar-refractivity contribution in [3.8, 4) is 5.69 Å². The second kappa shape index (κ2) is 7.98. The fourth-order valence-corrected chi connectivity index (χ4v) is 3.42. The number of halogens is 1. The number of para-hydroxylation sites is 2. The third kappa shape index (κ3) is 4.25. The van der Waals surface area contributed by atoms with Gasteiger partial charge in [-0.3, -0.25) is 14.6 Å². The Labute approximate surface area is 172 Å². The number of hydrogen-bond acceptors (Lipinski definition) is 6. The quantitative estimate of drug-likeness (QED) is 0.473. The van der Waals surface area contributed by atoms with Crippen LogP contribution >= 0.6 is 23.4 Å². The van der Waals surface area contributed by atoms with E-state index in [2.05, 4.69) is 15.3 Å². The Bertz CT molecular complexity index is 1280. The number of hydrogen-bond donors (Lipinski definition) is 2. The normalized spacial score (nSPS) is 10.9. The SMILES string of the molecule is O=C(CSc1nc2ccccc2o1)Nc1cc(=O)[nH]c(=O)n1-c1ccc(Cl)cc1. The van der Waals surface area contributed by atoms with Gasteiger partial charge in [0.15, 0.2) is 5.58 Å². The molecule has 2 aromatic carbocycles. The van der Waals surface area contributed by atoms with E-state index in [0.29, 0.717) is 27.0 Å². The number of oxazole rings is 1. The molecule has 0 bridgehead atoms. The number of rotatable bonds is 5. The summed E-state index contributed by atoms with van der Waals surface area (Å²) in [6.07, 6.45) is 0. The summed E-state index contributed by atoms with van der Waals surface area (Å²) in [5.74, 6) is -0.400. The highest BCUT2D eigenvalue weighted by Gasteiger charge is 2.14. The van der Waals surface area contributed by atoms with Gasteiger partial charge in [-0.15, -0.1) is 0 Å². The van der Waals surface area contributed by atoms with E-state index in [1.165, 1.54) is 4.57 Å². The molecule has 0 aliphatic heterocycles. The lowest BCUT2D eigenvalue weighted by atomic mass is 10.3. The standard InChI is InChI=1S/C19H13ClN4O4S/c20-11-5-7-12(8-6-11)24-15(9-16(25)23-18(24)27)22-17(26)10-29-19-21-13-3-1-2-4-14(13)28-19/h1-9H,10H2,(H,22,26)(H,23,25,27). The second-order valence-corrected chi connectivity index (χ2v) is 7.28. The minimum atomic E-state index is -0.679. The summed E-state index contributed by atoms with van der Waals surface area (Å²) in [7, 11) is 0. The minimum absolute atomic E-state index is 0.0194.